The summed E-state index contributed by atoms with van der Waals surface area (Å²) < 4.78 is 0. The van der Waals surface area contributed by atoms with Gasteiger partial charge in [-0.05, 0) is 35.9 Å². The van der Waals surface area contributed by atoms with E-state index in [2.05, 4.69) is 16.0 Å². The summed E-state index contributed by atoms with van der Waals surface area (Å²) in [6, 6.07) is 2.13. The summed E-state index contributed by atoms with van der Waals surface area (Å²) in [4.78, 5) is 11.3. The Morgan fingerprint density at radius 3 is 3.00 bits per heavy atom. The number of rotatable bonds is 5. The Kier molecular flexibility index (Phi) is 4.62. The molecule has 0 saturated heterocycles. The van der Waals surface area contributed by atoms with Crippen molar-refractivity contribution in [3.05, 3.63) is 22.4 Å². The molecular weight excluding hydrogens is 196 g/mol. The van der Waals surface area contributed by atoms with E-state index in [-0.39, 0.29) is 11.9 Å². The molecule has 1 heterocycles. The predicted molar refractivity (Wildman–Crippen MR) is 59.4 cm³/mol. The molecule has 0 bridgehead atoms. The van der Waals surface area contributed by atoms with Crippen LogP contribution in [0.4, 0.5) is 0 Å². The lowest BCUT2D eigenvalue weighted by Gasteiger charge is -2.12. The second-order valence-electron chi connectivity index (χ2n) is 3.13. The second-order valence-corrected chi connectivity index (χ2v) is 3.91. The van der Waals surface area contributed by atoms with Crippen LogP contribution in [0.25, 0.3) is 0 Å². The first-order chi connectivity index (χ1) is 6.74. The molecule has 4 heteroatoms. The van der Waals surface area contributed by atoms with Crippen molar-refractivity contribution < 1.29 is 4.79 Å². The van der Waals surface area contributed by atoms with E-state index < -0.39 is 0 Å². The van der Waals surface area contributed by atoms with Gasteiger partial charge in [0.05, 0.1) is 12.6 Å². The van der Waals surface area contributed by atoms with E-state index in [0.717, 1.165) is 6.54 Å². The first-order valence-electron chi connectivity index (χ1n) is 4.76. The third-order valence-electron chi connectivity index (χ3n) is 1.96. The largest absolute Gasteiger partial charge is 0.348 e. The van der Waals surface area contributed by atoms with E-state index >= 15 is 0 Å². The third kappa shape index (κ3) is 3.47. The van der Waals surface area contributed by atoms with Gasteiger partial charge in [0.2, 0.25) is 5.91 Å². The fourth-order valence-corrected chi connectivity index (χ4v) is 1.89. The fourth-order valence-electron chi connectivity index (χ4n) is 1.14. The molecule has 1 amide bonds. The normalized spacial score (nSPS) is 12.4. The highest BCUT2D eigenvalue weighted by molar-refractivity contribution is 7.07. The molecule has 0 fully saturated rings. The van der Waals surface area contributed by atoms with Gasteiger partial charge in [-0.2, -0.15) is 11.3 Å². The lowest BCUT2D eigenvalue weighted by Crippen LogP contribution is -2.35. The number of likely N-dealkylation sites (N-methyl/N-ethyl adjacent to an activating group) is 1. The number of amides is 1. The van der Waals surface area contributed by atoms with Gasteiger partial charge >= 0.3 is 0 Å². The first kappa shape index (κ1) is 11.2. The number of carbonyl (C=O) groups excluding carboxylic acids is 1. The summed E-state index contributed by atoms with van der Waals surface area (Å²) in [6.45, 7) is 5.19. The monoisotopic (exact) mass is 212 g/mol. The average Bonchev–Trinajstić information content (AvgIpc) is 2.67. The van der Waals surface area contributed by atoms with E-state index in [1.165, 1.54) is 5.56 Å². The Bertz CT molecular complexity index is 272. The van der Waals surface area contributed by atoms with Crippen molar-refractivity contribution in [2.75, 3.05) is 13.1 Å². The van der Waals surface area contributed by atoms with E-state index in [0.29, 0.717) is 6.54 Å². The van der Waals surface area contributed by atoms with E-state index in [4.69, 9.17) is 0 Å². The van der Waals surface area contributed by atoms with Crippen LogP contribution in [0.3, 0.4) is 0 Å². The molecule has 1 aromatic heterocycles. The Morgan fingerprint density at radius 2 is 2.43 bits per heavy atom. The highest BCUT2D eigenvalue weighted by Gasteiger charge is 2.08. The van der Waals surface area contributed by atoms with Crippen LogP contribution in [0.5, 0.6) is 0 Å². The lowest BCUT2D eigenvalue weighted by molar-refractivity contribution is -0.120. The molecule has 3 nitrogen and oxygen atoms in total. The fraction of sp³-hybridized carbons (Fsp3) is 0.500. The van der Waals surface area contributed by atoms with Gasteiger partial charge in [0.15, 0.2) is 0 Å². The van der Waals surface area contributed by atoms with Gasteiger partial charge in [-0.25, -0.2) is 0 Å². The number of carbonyl (C=O) groups is 1. The maximum atomic E-state index is 11.3. The van der Waals surface area contributed by atoms with Crippen molar-refractivity contribution in [3.63, 3.8) is 0 Å². The van der Waals surface area contributed by atoms with Crippen molar-refractivity contribution in [3.8, 4) is 0 Å². The molecule has 1 atom stereocenters. The molecule has 0 aliphatic heterocycles. The zero-order valence-corrected chi connectivity index (χ0v) is 9.36. The molecule has 1 unspecified atom stereocenters. The van der Waals surface area contributed by atoms with Gasteiger partial charge < -0.3 is 10.6 Å². The topological polar surface area (TPSA) is 41.1 Å². The number of hydrogen-bond donors (Lipinski definition) is 2. The van der Waals surface area contributed by atoms with Crippen LogP contribution in [-0.2, 0) is 4.79 Å². The minimum absolute atomic E-state index is 0.0468. The number of nitrogens with one attached hydrogen (secondary N) is 2. The van der Waals surface area contributed by atoms with E-state index in [1.807, 2.05) is 25.3 Å². The molecule has 0 aliphatic carbocycles. The summed E-state index contributed by atoms with van der Waals surface area (Å²) in [5, 5.41) is 9.98. The van der Waals surface area contributed by atoms with Gasteiger partial charge in [-0.1, -0.05) is 6.92 Å². The molecule has 2 N–H and O–H groups in total. The minimum Gasteiger partial charge on any atom is -0.348 e. The van der Waals surface area contributed by atoms with Gasteiger partial charge in [0.1, 0.15) is 0 Å². The van der Waals surface area contributed by atoms with Crippen LogP contribution in [0.2, 0.25) is 0 Å². The average molecular weight is 212 g/mol. The van der Waals surface area contributed by atoms with Crippen LogP contribution in [-0.4, -0.2) is 19.0 Å². The molecular formula is C10H16N2OS. The number of hydrogen-bond acceptors (Lipinski definition) is 3. The second kappa shape index (κ2) is 5.78. The molecule has 0 radical (unpaired) electrons. The SMILES string of the molecule is CCNCC(=O)NC(C)c1ccsc1. The van der Waals surface area contributed by atoms with Crippen LogP contribution < -0.4 is 10.6 Å². The highest BCUT2D eigenvalue weighted by Crippen LogP contribution is 2.14. The van der Waals surface area contributed by atoms with Gasteiger partial charge in [0, 0.05) is 0 Å². The maximum absolute atomic E-state index is 11.3. The number of thiophene rings is 1. The molecule has 1 aromatic rings. The molecule has 0 aromatic carbocycles. The van der Waals surface area contributed by atoms with Crippen LogP contribution >= 0.6 is 11.3 Å². The molecule has 14 heavy (non-hydrogen) atoms. The lowest BCUT2D eigenvalue weighted by atomic mass is 10.2. The zero-order chi connectivity index (χ0) is 10.4. The Balaban J connectivity index is 2.33. The summed E-state index contributed by atoms with van der Waals surface area (Å²) in [7, 11) is 0. The first-order valence-corrected chi connectivity index (χ1v) is 5.70. The van der Waals surface area contributed by atoms with Crippen molar-refractivity contribution in [2.24, 2.45) is 0 Å². The van der Waals surface area contributed by atoms with Crippen molar-refractivity contribution in [1.29, 1.82) is 0 Å². The third-order valence-corrected chi connectivity index (χ3v) is 2.66. The van der Waals surface area contributed by atoms with Crippen molar-refractivity contribution >= 4 is 17.2 Å². The van der Waals surface area contributed by atoms with Gasteiger partial charge in [-0.15, -0.1) is 0 Å². The van der Waals surface area contributed by atoms with E-state index in [1.54, 1.807) is 11.3 Å². The maximum Gasteiger partial charge on any atom is 0.234 e. The molecule has 1 rings (SSSR count). The Morgan fingerprint density at radius 1 is 1.64 bits per heavy atom. The predicted octanol–water partition coefficient (Wildman–Crippen LogP) is 1.53. The smallest absolute Gasteiger partial charge is 0.234 e. The summed E-state index contributed by atoms with van der Waals surface area (Å²) >= 11 is 1.65. The summed E-state index contributed by atoms with van der Waals surface area (Å²) in [5.74, 6) is 0.0468. The van der Waals surface area contributed by atoms with Crippen LogP contribution in [0, 0.1) is 0 Å². The standard InChI is InChI=1S/C10H16N2OS/c1-3-11-6-10(13)12-8(2)9-4-5-14-7-9/h4-5,7-8,11H,3,6H2,1-2H3,(H,12,13). The van der Waals surface area contributed by atoms with E-state index in [9.17, 15) is 4.79 Å². The zero-order valence-electron chi connectivity index (χ0n) is 8.54. The molecule has 0 saturated carbocycles. The Labute approximate surface area is 88.5 Å². The van der Waals surface area contributed by atoms with Crippen LogP contribution in [0.15, 0.2) is 16.8 Å². The Hall–Kier alpha value is -0.870. The summed E-state index contributed by atoms with van der Waals surface area (Å²) in [5.41, 5.74) is 1.17. The summed E-state index contributed by atoms with van der Waals surface area (Å²) in [6.07, 6.45) is 0. The highest BCUT2D eigenvalue weighted by atomic mass is 32.1. The van der Waals surface area contributed by atoms with Crippen LogP contribution in [0.1, 0.15) is 25.5 Å². The minimum atomic E-state index is 0.0468. The molecule has 78 valence electrons. The van der Waals surface area contributed by atoms with Gasteiger partial charge in [0.25, 0.3) is 0 Å². The molecule has 0 spiro atoms. The van der Waals surface area contributed by atoms with Gasteiger partial charge in [-0.3, -0.25) is 4.79 Å². The molecule has 0 aliphatic rings. The van der Waals surface area contributed by atoms with Crippen molar-refractivity contribution in [1.82, 2.24) is 10.6 Å². The van der Waals surface area contributed by atoms with Crippen molar-refractivity contribution in [2.45, 2.75) is 19.9 Å². The quantitative estimate of drug-likeness (QED) is 0.777.